The third-order valence-corrected chi connectivity index (χ3v) is 5.14. The lowest BCUT2D eigenvalue weighted by Crippen LogP contribution is -2.13. The van der Waals surface area contributed by atoms with Crippen molar-refractivity contribution in [3.05, 3.63) is 94.6 Å². The van der Waals surface area contributed by atoms with Crippen molar-refractivity contribution in [3.63, 3.8) is 0 Å². The number of halogens is 4. The monoisotopic (exact) mass is 485 g/mol. The van der Waals surface area contributed by atoms with Crippen LogP contribution in [0.4, 0.5) is 30.2 Å². The van der Waals surface area contributed by atoms with Gasteiger partial charge in [-0.25, -0.2) is 0 Å². The Morgan fingerprint density at radius 2 is 1.65 bits per heavy atom. The molecular weight excluding hydrogens is 471 g/mol. The molecule has 8 heteroatoms. The first-order valence-corrected chi connectivity index (χ1v) is 9.99. The highest BCUT2D eigenvalue weighted by Crippen LogP contribution is 2.33. The summed E-state index contributed by atoms with van der Waals surface area (Å²) in [5.41, 5.74) is 1.53. The topological polar surface area (TPSA) is 54.0 Å². The average Bonchev–Trinajstić information content (AvgIpc) is 2.75. The largest absolute Gasteiger partial charge is 0.416 e. The number of aromatic nitrogens is 1. The minimum Gasteiger partial charge on any atom is -0.354 e. The Bertz CT molecular complexity index is 1260. The van der Waals surface area contributed by atoms with Gasteiger partial charge in [-0.1, -0.05) is 34.1 Å². The number of pyridine rings is 1. The Labute approximate surface area is 184 Å². The molecule has 4 aromatic rings. The van der Waals surface area contributed by atoms with Crippen molar-refractivity contribution in [3.8, 4) is 0 Å². The maximum atomic E-state index is 13.0. The molecule has 0 aliphatic heterocycles. The lowest BCUT2D eigenvalue weighted by Gasteiger charge is -2.14. The molecule has 3 aromatic carbocycles. The van der Waals surface area contributed by atoms with Gasteiger partial charge in [-0.05, 0) is 54.6 Å². The zero-order chi connectivity index (χ0) is 22.0. The fourth-order valence-electron chi connectivity index (χ4n) is 3.10. The van der Waals surface area contributed by atoms with Gasteiger partial charge in [0.2, 0.25) is 0 Å². The maximum absolute atomic E-state index is 13.0. The molecule has 1 amide bonds. The number of anilines is 3. The molecule has 0 aliphatic carbocycles. The number of hydrogen-bond donors (Lipinski definition) is 2. The van der Waals surface area contributed by atoms with Crippen LogP contribution in [0.5, 0.6) is 0 Å². The summed E-state index contributed by atoms with van der Waals surface area (Å²) < 4.78 is 39.9. The molecule has 0 spiro atoms. The molecular formula is C23H15BrF3N3O. The van der Waals surface area contributed by atoms with E-state index in [0.717, 1.165) is 16.6 Å². The second-order valence-electron chi connectivity index (χ2n) is 6.72. The normalized spacial score (nSPS) is 11.4. The molecule has 4 rings (SSSR count). The Kier molecular flexibility index (Phi) is 5.65. The standard InChI is InChI=1S/C23H15BrF3N3O/c24-15-6-8-16(9-7-15)29-22(31)18-3-1-2-4-19(18)30-20-11-12-28-21-13-14(23(25,26)27)5-10-17(20)21/h1-13H,(H,28,30)(H,29,31). The summed E-state index contributed by atoms with van der Waals surface area (Å²) in [6.45, 7) is 0. The van der Waals surface area contributed by atoms with Crippen LogP contribution in [-0.4, -0.2) is 10.9 Å². The second kappa shape index (κ2) is 8.39. The van der Waals surface area contributed by atoms with Crippen LogP contribution in [0.1, 0.15) is 15.9 Å². The van der Waals surface area contributed by atoms with Crippen molar-refractivity contribution in [2.24, 2.45) is 0 Å². The number of fused-ring (bicyclic) bond motifs is 1. The van der Waals surface area contributed by atoms with Crippen LogP contribution in [0.15, 0.2) is 83.5 Å². The molecule has 4 nitrogen and oxygen atoms in total. The SMILES string of the molecule is O=C(Nc1ccc(Br)cc1)c1ccccc1Nc1ccnc2cc(C(F)(F)F)ccc12. The van der Waals surface area contributed by atoms with Crippen LogP contribution in [-0.2, 0) is 6.18 Å². The lowest BCUT2D eigenvalue weighted by atomic mass is 10.1. The number of nitrogens with one attached hydrogen (secondary N) is 2. The van der Waals surface area contributed by atoms with E-state index in [1.165, 1.54) is 12.3 Å². The molecule has 0 atom stereocenters. The number of benzene rings is 3. The highest BCUT2D eigenvalue weighted by molar-refractivity contribution is 9.10. The predicted molar refractivity (Wildman–Crippen MR) is 119 cm³/mol. The van der Waals surface area contributed by atoms with E-state index >= 15 is 0 Å². The number of hydrogen-bond acceptors (Lipinski definition) is 3. The van der Waals surface area contributed by atoms with Gasteiger partial charge in [0.05, 0.1) is 22.3 Å². The van der Waals surface area contributed by atoms with Crippen LogP contribution in [0.3, 0.4) is 0 Å². The fourth-order valence-corrected chi connectivity index (χ4v) is 3.36. The third-order valence-electron chi connectivity index (χ3n) is 4.61. The molecule has 0 aliphatic rings. The first-order valence-electron chi connectivity index (χ1n) is 9.20. The van der Waals surface area contributed by atoms with Crippen molar-refractivity contribution < 1.29 is 18.0 Å². The second-order valence-corrected chi connectivity index (χ2v) is 7.64. The first kappa shape index (κ1) is 20.9. The zero-order valence-corrected chi connectivity index (χ0v) is 17.5. The van der Waals surface area contributed by atoms with Crippen LogP contribution in [0.2, 0.25) is 0 Å². The van der Waals surface area contributed by atoms with Gasteiger partial charge < -0.3 is 10.6 Å². The van der Waals surface area contributed by atoms with E-state index < -0.39 is 11.7 Å². The van der Waals surface area contributed by atoms with Gasteiger partial charge in [-0.15, -0.1) is 0 Å². The minimum absolute atomic E-state index is 0.205. The highest BCUT2D eigenvalue weighted by atomic mass is 79.9. The van der Waals surface area contributed by atoms with Crippen molar-refractivity contribution in [2.75, 3.05) is 10.6 Å². The first-order chi connectivity index (χ1) is 14.8. The van der Waals surface area contributed by atoms with E-state index in [-0.39, 0.29) is 11.4 Å². The number of carbonyl (C=O) groups excluding carboxylic acids is 1. The van der Waals surface area contributed by atoms with Crippen molar-refractivity contribution >= 4 is 49.8 Å². The molecule has 0 bridgehead atoms. The summed E-state index contributed by atoms with van der Waals surface area (Å²) in [6.07, 6.45) is -3.02. The van der Waals surface area contributed by atoms with Crippen LogP contribution in [0.25, 0.3) is 10.9 Å². The molecule has 1 heterocycles. The van der Waals surface area contributed by atoms with E-state index in [4.69, 9.17) is 0 Å². The van der Waals surface area contributed by atoms with Gasteiger partial charge in [0, 0.05) is 27.4 Å². The van der Waals surface area contributed by atoms with E-state index in [9.17, 15) is 18.0 Å². The van der Waals surface area contributed by atoms with Crippen molar-refractivity contribution in [1.29, 1.82) is 0 Å². The van der Waals surface area contributed by atoms with E-state index in [2.05, 4.69) is 31.5 Å². The fraction of sp³-hybridized carbons (Fsp3) is 0.0435. The average molecular weight is 486 g/mol. The van der Waals surface area contributed by atoms with E-state index in [0.29, 0.717) is 28.0 Å². The number of carbonyl (C=O) groups is 1. The van der Waals surface area contributed by atoms with Crippen LogP contribution >= 0.6 is 15.9 Å². The minimum atomic E-state index is -4.45. The van der Waals surface area contributed by atoms with Gasteiger partial charge in [-0.3, -0.25) is 9.78 Å². The van der Waals surface area contributed by atoms with Crippen molar-refractivity contribution in [1.82, 2.24) is 4.98 Å². The summed E-state index contributed by atoms with van der Waals surface area (Å²) in [6, 6.07) is 19.1. The number of nitrogens with zero attached hydrogens (tertiary/aromatic N) is 1. The molecule has 156 valence electrons. The number of alkyl halides is 3. The number of amides is 1. The molecule has 1 aromatic heterocycles. The molecule has 0 radical (unpaired) electrons. The molecule has 0 saturated heterocycles. The van der Waals surface area contributed by atoms with Crippen molar-refractivity contribution in [2.45, 2.75) is 6.18 Å². The quantitative estimate of drug-likeness (QED) is 0.326. The van der Waals surface area contributed by atoms with Gasteiger partial charge in [0.25, 0.3) is 5.91 Å². The molecule has 0 saturated carbocycles. The summed E-state index contributed by atoms with van der Waals surface area (Å²) in [5, 5.41) is 6.51. The Morgan fingerprint density at radius 1 is 0.903 bits per heavy atom. The smallest absolute Gasteiger partial charge is 0.354 e. The van der Waals surface area contributed by atoms with Crippen LogP contribution in [0, 0.1) is 0 Å². The predicted octanol–water partition coefficient (Wildman–Crippen LogP) is 7.01. The third kappa shape index (κ3) is 4.69. The summed E-state index contributed by atoms with van der Waals surface area (Å²) in [5.74, 6) is -0.317. The van der Waals surface area contributed by atoms with Gasteiger partial charge in [0.1, 0.15) is 0 Å². The highest BCUT2D eigenvalue weighted by Gasteiger charge is 2.30. The molecule has 31 heavy (non-hydrogen) atoms. The van der Waals surface area contributed by atoms with Crippen LogP contribution < -0.4 is 10.6 Å². The molecule has 0 unspecified atom stereocenters. The molecule has 0 fully saturated rings. The number of para-hydroxylation sites is 1. The van der Waals surface area contributed by atoms with E-state index in [1.807, 2.05) is 12.1 Å². The van der Waals surface area contributed by atoms with Gasteiger partial charge in [0.15, 0.2) is 0 Å². The lowest BCUT2D eigenvalue weighted by molar-refractivity contribution is -0.137. The summed E-state index contributed by atoms with van der Waals surface area (Å²) in [4.78, 5) is 16.9. The Hall–Kier alpha value is -3.39. The van der Waals surface area contributed by atoms with E-state index in [1.54, 1.807) is 42.5 Å². The summed E-state index contributed by atoms with van der Waals surface area (Å²) in [7, 11) is 0. The maximum Gasteiger partial charge on any atom is 0.416 e. The molecule has 2 N–H and O–H groups in total. The summed E-state index contributed by atoms with van der Waals surface area (Å²) >= 11 is 3.35. The number of rotatable bonds is 4. The van der Waals surface area contributed by atoms with Gasteiger partial charge >= 0.3 is 6.18 Å². The zero-order valence-electron chi connectivity index (χ0n) is 15.9. The van der Waals surface area contributed by atoms with Gasteiger partial charge in [-0.2, -0.15) is 13.2 Å². The Morgan fingerprint density at radius 3 is 2.39 bits per heavy atom. The Balaban J connectivity index is 1.65.